The van der Waals surface area contributed by atoms with Crippen LogP contribution in [0.4, 0.5) is 14.6 Å². The van der Waals surface area contributed by atoms with Crippen LogP contribution in [-0.2, 0) is 6.54 Å². The molecule has 0 saturated heterocycles. The number of halogens is 2. The van der Waals surface area contributed by atoms with Gasteiger partial charge < -0.3 is 15.3 Å². The lowest BCUT2D eigenvalue weighted by Gasteiger charge is -2.24. The molecule has 6 heteroatoms. The van der Waals surface area contributed by atoms with Gasteiger partial charge in [-0.1, -0.05) is 0 Å². The van der Waals surface area contributed by atoms with E-state index in [0.717, 1.165) is 11.1 Å². The summed E-state index contributed by atoms with van der Waals surface area (Å²) in [5.74, 6) is 0.504. The van der Waals surface area contributed by atoms with Crippen molar-refractivity contribution < 1.29 is 13.9 Å². The van der Waals surface area contributed by atoms with Gasteiger partial charge in [0, 0.05) is 19.3 Å². The Morgan fingerprint density at radius 1 is 1.50 bits per heavy atom. The number of alkyl halides is 2. The van der Waals surface area contributed by atoms with E-state index in [-0.39, 0.29) is 13.2 Å². The average molecular weight is 259 g/mol. The SMILES string of the molecule is CNCc1cnc(N(CCO)CC(F)F)c(C)c1. The van der Waals surface area contributed by atoms with Crippen LogP contribution in [0, 0.1) is 6.92 Å². The smallest absolute Gasteiger partial charge is 0.255 e. The molecule has 0 unspecified atom stereocenters. The lowest BCUT2D eigenvalue weighted by atomic mass is 10.2. The van der Waals surface area contributed by atoms with Crippen LogP contribution in [0.5, 0.6) is 0 Å². The first-order chi connectivity index (χ1) is 8.58. The number of nitrogens with one attached hydrogen (secondary N) is 1. The van der Waals surface area contributed by atoms with Crippen LogP contribution in [0.2, 0.25) is 0 Å². The minimum atomic E-state index is -2.45. The molecule has 0 saturated carbocycles. The molecule has 0 atom stereocenters. The van der Waals surface area contributed by atoms with Gasteiger partial charge in [-0.3, -0.25) is 0 Å². The Hall–Kier alpha value is -1.27. The standard InChI is InChI=1S/C12H19F2N3O/c1-9-5-10(6-15-2)7-16-12(9)17(3-4-18)8-11(13)14/h5,7,11,15,18H,3-4,6,8H2,1-2H3. The van der Waals surface area contributed by atoms with E-state index in [1.54, 1.807) is 6.20 Å². The summed E-state index contributed by atoms with van der Waals surface area (Å²) in [4.78, 5) is 5.62. The third-order valence-electron chi connectivity index (χ3n) is 2.52. The van der Waals surface area contributed by atoms with Crippen molar-refractivity contribution in [3.63, 3.8) is 0 Å². The molecule has 4 nitrogen and oxygen atoms in total. The maximum Gasteiger partial charge on any atom is 0.255 e. The molecule has 1 aromatic rings. The Morgan fingerprint density at radius 3 is 2.72 bits per heavy atom. The molecule has 1 rings (SSSR count). The highest BCUT2D eigenvalue weighted by molar-refractivity contribution is 5.47. The van der Waals surface area contributed by atoms with Gasteiger partial charge in [-0.25, -0.2) is 13.8 Å². The molecule has 0 aromatic carbocycles. The molecule has 0 aliphatic carbocycles. The number of aryl methyl sites for hydroxylation is 1. The summed E-state index contributed by atoms with van der Waals surface area (Å²) in [6.07, 6.45) is -0.788. The Balaban J connectivity index is 2.90. The maximum absolute atomic E-state index is 12.5. The predicted octanol–water partition coefficient (Wildman–Crippen LogP) is 1.17. The number of pyridine rings is 1. The summed E-state index contributed by atoms with van der Waals surface area (Å²) >= 11 is 0. The zero-order valence-corrected chi connectivity index (χ0v) is 10.7. The minimum absolute atomic E-state index is 0.156. The molecule has 1 heterocycles. The third-order valence-corrected chi connectivity index (χ3v) is 2.52. The normalized spacial score (nSPS) is 11.0. The summed E-state index contributed by atoms with van der Waals surface area (Å²) in [6.45, 7) is 2.08. The molecular weight excluding hydrogens is 240 g/mol. The summed E-state index contributed by atoms with van der Waals surface area (Å²) in [7, 11) is 1.83. The van der Waals surface area contributed by atoms with Crippen LogP contribution in [0.25, 0.3) is 0 Å². The first kappa shape index (κ1) is 14.8. The second-order valence-corrected chi connectivity index (χ2v) is 4.08. The molecule has 0 fully saturated rings. The molecule has 0 radical (unpaired) electrons. The summed E-state index contributed by atoms with van der Waals surface area (Å²) in [5, 5.41) is 11.9. The lowest BCUT2D eigenvalue weighted by molar-refractivity contribution is 0.152. The van der Waals surface area contributed by atoms with Crippen LogP contribution < -0.4 is 10.2 Å². The van der Waals surface area contributed by atoms with Gasteiger partial charge >= 0.3 is 0 Å². The van der Waals surface area contributed by atoms with E-state index in [1.807, 2.05) is 20.0 Å². The molecule has 0 aliphatic heterocycles. The van der Waals surface area contributed by atoms with Crippen molar-refractivity contribution in [1.82, 2.24) is 10.3 Å². The maximum atomic E-state index is 12.5. The molecule has 0 aliphatic rings. The van der Waals surface area contributed by atoms with Gasteiger partial charge in [0.15, 0.2) is 0 Å². The fourth-order valence-corrected chi connectivity index (χ4v) is 1.83. The zero-order valence-electron chi connectivity index (χ0n) is 10.7. The van der Waals surface area contributed by atoms with Gasteiger partial charge in [0.2, 0.25) is 0 Å². The summed E-state index contributed by atoms with van der Waals surface area (Å²) < 4.78 is 24.9. The van der Waals surface area contributed by atoms with Crippen molar-refractivity contribution >= 4 is 5.82 Å². The second-order valence-electron chi connectivity index (χ2n) is 4.08. The van der Waals surface area contributed by atoms with E-state index >= 15 is 0 Å². The highest BCUT2D eigenvalue weighted by atomic mass is 19.3. The Labute approximate surface area is 106 Å². The van der Waals surface area contributed by atoms with Gasteiger partial charge in [0.05, 0.1) is 13.2 Å². The van der Waals surface area contributed by atoms with Crippen LogP contribution in [-0.4, -0.2) is 43.3 Å². The third kappa shape index (κ3) is 4.19. The minimum Gasteiger partial charge on any atom is -0.395 e. The van der Waals surface area contributed by atoms with Crippen molar-refractivity contribution in [1.29, 1.82) is 0 Å². The highest BCUT2D eigenvalue weighted by Crippen LogP contribution is 2.18. The molecule has 18 heavy (non-hydrogen) atoms. The molecular formula is C12H19F2N3O. The molecule has 1 aromatic heterocycles. The topological polar surface area (TPSA) is 48.4 Å². The summed E-state index contributed by atoms with van der Waals surface area (Å²) in [5.41, 5.74) is 1.83. The quantitative estimate of drug-likeness (QED) is 0.772. The number of anilines is 1. The van der Waals surface area contributed by atoms with E-state index in [9.17, 15) is 8.78 Å². The van der Waals surface area contributed by atoms with E-state index in [1.165, 1.54) is 4.90 Å². The number of aromatic nitrogens is 1. The van der Waals surface area contributed by atoms with Crippen LogP contribution >= 0.6 is 0 Å². The van der Waals surface area contributed by atoms with Gasteiger partial charge in [0.25, 0.3) is 6.43 Å². The molecule has 0 spiro atoms. The number of hydrogen-bond acceptors (Lipinski definition) is 4. The monoisotopic (exact) mass is 259 g/mol. The Kier molecular flexibility index (Phi) is 5.94. The Morgan fingerprint density at radius 2 is 2.22 bits per heavy atom. The van der Waals surface area contributed by atoms with Gasteiger partial charge in [0.1, 0.15) is 5.82 Å². The predicted molar refractivity (Wildman–Crippen MR) is 67.0 cm³/mol. The van der Waals surface area contributed by atoms with E-state index in [4.69, 9.17) is 5.11 Å². The van der Waals surface area contributed by atoms with Crippen LogP contribution in [0.3, 0.4) is 0 Å². The fourth-order valence-electron chi connectivity index (χ4n) is 1.83. The highest BCUT2D eigenvalue weighted by Gasteiger charge is 2.15. The lowest BCUT2D eigenvalue weighted by Crippen LogP contribution is -2.33. The van der Waals surface area contributed by atoms with Gasteiger partial charge in [-0.15, -0.1) is 0 Å². The van der Waals surface area contributed by atoms with E-state index in [2.05, 4.69) is 10.3 Å². The van der Waals surface area contributed by atoms with Crippen molar-refractivity contribution in [2.75, 3.05) is 31.6 Å². The number of rotatable bonds is 7. The Bertz CT molecular complexity index is 374. The molecule has 2 N–H and O–H groups in total. The average Bonchev–Trinajstić information content (AvgIpc) is 2.28. The van der Waals surface area contributed by atoms with Gasteiger partial charge in [-0.05, 0) is 31.2 Å². The largest absolute Gasteiger partial charge is 0.395 e. The van der Waals surface area contributed by atoms with Crippen molar-refractivity contribution in [2.45, 2.75) is 19.9 Å². The van der Waals surface area contributed by atoms with Crippen LogP contribution in [0.15, 0.2) is 12.3 Å². The van der Waals surface area contributed by atoms with Crippen molar-refractivity contribution in [3.05, 3.63) is 23.4 Å². The van der Waals surface area contributed by atoms with Gasteiger partial charge in [-0.2, -0.15) is 0 Å². The molecule has 102 valence electrons. The summed E-state index contributed by atoms with van der Waals surface area (Å²) in [6, 6.07) is 1.91. The zero-order chi connectivity index (χ0) is 13.5. The van der Waals surface area contributed by atoms with Crippen LogP contribution in [0.1, 0.15) is 11.1 Å². The molecule has 0 amide bonds. The number of nitrogens with zero attached hydrogens (tertiary/aromatic N) is 2. The van der Waals surface area contributed by atoms with E-state index in [0.29, 0.717) is 12.4 Å². The first-order valence-electron chi connectivity index (χ1n) is 5.82. The number of aliphatic hydroxyl groups excluding tert-OH is 1. The van der Waals surface area contributed by atoms with Crippen molar-refractivity contribution in [2.24, 2.45) is 0 Å². The molecule has 0 bridgehead atoms. The number of aliphatic hydroxyl groups is 1. The second kappa shape index (κ2) is 7.23. The van der Waals surface area contributed by atoms with E-state index < -0.39 is 13.0 Å². The number of hydrogen-bond donors (Lipinski definition) is 2. The fraction of sp³-hybridized carbons (Fsp3) is 0.583. The van der Waals surface area contributed by atoms with Crippen molar-refractivity contribution in [3.8, 4) is 0 Å². The first-order valence-corrected chi connectivity index (χ1v) is 5.82.